The molecular formula is C22H22N4O2S. The minimum Gasteiger partial charge on any atom is -0.370 e. The number of hydrogen-bond donors (Lipinski definition) is 2. The van der Waals surface area contributed by atoms with E-state index in [9.17, 15) is 9.59 Å². The van der Waals surface area contributed by atoms with Crippen molar-refractivity contribution in [1.82, 2.24) is 4.98 Å². The normalized spacial score (nSPS) is 14.4. The molecule has 2 amide bonds. The highest BCUT2D eigenvalue weighted by molar-refractivity contribution is 7.19. The molecule has 1 aromatic heterocycles. The lowest BCUT2D eigenvalue weighted by Crippen LogP contribution is -2.30. The molecule has 0 saturated carbocycles. The minimum absolute atomic E-state index is 0.274. The summed E-state index contributed by atoms with van der Waals surface area (Å²) in [4.78, 5) is 30.9. The Hall–Kier alpha value is -3.19. The van der Waals surface area contributed by atoms with Gasteiger partial charge in [-0.1, -0.05) is 12.1 Å². The van der Waals surface area contributed by atoms with E-state index in [2.05, 4.69) is 15.2 Å². The van der Waals surface area contributed by atoms with Crippen molar-refractivity contribution >= 4 is 50.8 Å². The Morgan fingerprint density at radius 1 is 1.10 bits per heavy atom. The lowest BCUT2D eigenvalue weighted by molar-refractivity contribution is -0.111. The van der Waals surface area contributed by atoms with Gasteiger partial charge >= 0.3 is 0 Å². The number of para-hydroxylation sites is 1. The molecule has 2 aromatic carbocycles. The number of primary amides is 1. The van der Waals surface area contributed by atoms with Crippen LogP contribution in [0.1, 0.15) is 34.6 Å². The van der Waals surface area contributed by atoms with Gasteiger partial charge in [-0.05, 0) is 55.7 Å². The predicted molar refractivity (Wildman–Crippen MR) is 118 cm³/mol. The molecule has 1 aliphatic rings. The molecule has 3 aromatic rings. The number of hydrogen-bond acceptors (Lipinski definition) is 5. The summed E-state index contributed by atoms with van der Waals surface area (Å²) in [5.41, 5.74) is 8.23. The van der Waals surface area contributed by atoms with Gasteiger partial charge < -0.3 is 16.0 Å². The van der Waals surface area contributed by atoms with Crippen LogP contribution in [0.5, 0.6) is 0 Å². The second-order valence-corrected chi connectivity index (χ2v) is 8.05. The summed E-state index contributed by atoms with van der Waals surface area (Å²) in [5.74, 6) is -0.792. The highest BCUT2D eigenvalue weighted by atomic mass is 32.1. The largest absolute Gasteiger partial charge is 0.370 e. The van der Waals surface area contributed by atoms with Gasteiger partial charge in [0.2, 0.25) is 11.8 Å². The van der Waals surface area contributed by atoms with Crippen LogP contribution in [0, 0.1) is 0 Å². The van der Waals surface area contributed by atoms with Gasteiger partial charge in [0, 0.05) is 24.7 Å². The lowest BCUT2D eigenvalue weighted by atomic mass is 10.1. The van der Waals surface area contributed by atoms with Crippen LogP contribution in [-0.4, -0.2) is 29.9 Å². The van der Waals surface area contributed by atoms with Crippen molar-refractivity contribution in [2.24, 2.45) is 5.73 Å². The zero-order valence-electron chi connectivity index (χ0n) is 15.9. The average Bonchev–Trinajstić information content (AvgIpc) is 3.16. The molecule has 7 heteroatoms. The number of anilines is 2. The maximum atomic E-state index is 12.6. The van der Waals surface area contributed by atoms with E-state index in [1.807, 2.05) is 30.3 Å². The zero-order valence-corrected chi connectivity index (χ0v) is 16.7. The van der Waals surface area contributed by atoms with Crippen molar-refractivity contribution in [3.8, 4) is 0 Å². The minimum atomic E-state index is -0.518. The van der Waals surface area contributed by atoms with E-state index in [-0.39, 0.29) is 5.91 Å². The molecular weight excluding hydrogens is 384 g/mol. The molecule has 0 spiro atoms. The fraction of sp³-hybridized carbons (Fsp3) is 0.227. The summed E-state index contributed by atoms with van der Waals surface area (Å²) < 4.78 is 1.08. The summed E-state index contributed by atoms with van der Waals surface area (Å²) >= 11 is 1.53. The van der Waals surface area contributed by atoms with Crippen molar-refractivity contribution in [2.45, 2.75) is 19.3 Å². The summed E-state index contributed by atoms with van der Waals surface area (Å²) in [7, 11) is 0. The van der Waals surface area contributed by atoms with Crippen LogP contribution in [-0.2, 0) is 4.79 Å². The van der Waals surface area contributed by atoms with Crippen LogP contribution in [0.2, 0.25) is 0 Å². The number of rotatable bonds is 5. The van der Waals surface area contributed by atoms with Crippen LogP contribution in [0.3, 0.4) is 0 Å². The van der Waals surface area contributed by atoms with Gasteiger partial charge in [-0.2, -0.15) is 0 Å². The van der Waals surface area contributed by atoms with E-state index in [1.54, 1.807) is 18.2 Å². The van der Waals surface area contributed by atoms with Crippen LogP contribution < -0.4 is 16.0 Å². The summed E-state index contributed by atoms with van der Waals surface area (Å²) in [6.07, 6.45) is 6.61. The number of amides is 2. The number of carbonyl (C=O) groups is 2. The third kappa shape index (κ3) is 4.46. The van der Waals surface area contributed by atoms with Gasteiger partial charge in [-0.3, -0.25) is 9.59 Å². The van der Waals surface area contributed by atoms with E-state index in [0.29, 0.717) is 11.3 Å². The number of nitrogens with zero attached hydrogens (tertiary/aromatic N) is 2. The molecule has 1 saturated heterocycles. The standard InChI is InChI=1S/C22H22N4O2S/c23-22(28)15-8-9-18(26-12-4-1-5-13-26)17(14-15)24-20(27)10-11-21-25-16-6-2-3-7-19(16)29-21/h2-3,6-11,14H,1,4-5,12-13H2,(H2,23,28)(H,24,27)/b11-10+. The van der Waals surface area contributed by atoms with E-state index in [1.165, 1.54) is 23.8 Å². The number of aromatic nitrogens is 1. The Morgan fingerprint density at radius 3 is 2.66 bits per heavy atom. The zero-order chi connectivity index (χ0) is 20.2. The first-order valence-electron chi connectivity index (χ1n) is 9.63. The first-order chi connectivity index (χ1) is 14.1. The fourth-order valence-electron chi connectivity index (χ4n) is 3.48. The van der Waals surface area contributed by atoms with E-state index in [4.69, 9.17) is 5.73 Å². The maximum Gasteiger partial charge on any atom is 0.248 e. The van der Waals surface area contributed by atoms with E-state index < -0.39 is 5.91 Å². The monoisotopic (exact) mass is 406 g/mol. The number of benzene rings is 2. The van der Waals surface area contributed by atoms with Crippen molar-refractivity contribution in [1.29, 1.82) is 0 Å². The number of piperidine rings is 1. The summed E-state index contributed by atoms with van der Waals surface area (Å²) in [5, 5.41) is 3.68. The lowest BCUT2D eigenvalue weighted by Gasteiger charge is -2.30. The van der Waals surface area contributed by atoms with Gasteiger partial charge in [0.05, 0.1) is 21.6 Å². The molecule has 148 valence electrons. The molecule has 0 aliphatic carbocycles. The third-order valence-electron chi connectivity index (χ3n) is 4.92. The van der Waals surface area contributed by atoms with Gasteiger partial charge in [-0.15, -0.1) is 11.3 Å². The van der Waals surface area contributed by atoms with Crippen molar-refractivity contribution < 1.29 is 9.59 Å². The molecule has 6 nitrogen and oxygen atoms in total. The molecule has 2 heterocycles. The van der Waals surface area contributed by atoms with Crippen LogP contribution >= 0.6 is 11.3 Å². The molecule has 0 atom stereocenters. The quantitative estimate of drug-likeness (QED) is 0.626. The van der Waals surface area contributed by atoms with Gasteiger partial charge in [0.1, 0.15) is 5.01 Å². The van der Waals surface area contributed by atoms with Crippen LogP contribution in [0.25, 0.3) is 16.3 Å². The number of nitrogens with one attached hydrogen (secondary N) is 1. The predicted octanol–water partition coefficient (Wildman–Crippen LogP) is 4.04. The fourth-order valence-corrected chi connectivity index (χ4v) is 4.35. The average molecular weight is 407 g/mol. The van der Waals surface area contributed by atoms with Crippen molar-refractivity contribution in [2.75, 3.05) is 23.3 Å². The SMILES string of the molecule is NC(=O)c1ccc(N2CCCCC2)c(NC(=O)/C=C/c2nc3ccccc3s2)c1. The van der Waals surface area contributed by atoms with Crippen LogP contribution in [0.4, 0.5) is 11.4 Å². The molecule has 29 heavy (non-hydrogen) atoms. The van der Waals surface area contributed by atoms with Gasteiger partial charge in [0.25, 0.3) is 0 Å². The Kier molecular flexibility index (Phi) is 5.57. The second kappa shape index (κ2) is 8.45. The summed E-state index contributed by atoms with van der Waals surface area (Å²) in [6, 6.07) is 13.1. The molecule has 1 fully saturated rings. The summed E-state index contributed by atoms with van der Waals surface area (Å²) in [6.45, 7) is 1.86. The smallest absolute Gasteiger partial charge is 0.248 e. The Morgan fingerprint density at radius 2 is 1.90 bits per heavy atom. The molecule has 0 bridgehead atoms. The number of nitrogens with two attached hydrogens (primary N) is 1. The molecule has 1 aliphatic heterocycles. The topological polar surface area (TPSA) is 88.3 Å². The maximum absolute atomic E-state index is 12.6. The second-order valence-electron chi connectivity index (χ2n) is 6.99. The van der Waals surface area contributed by atoms with Gasteiger partial charge in [0.15, 0.2) is 0 Å². The molecule has 0 radical (unpaired) electrons. The Bertz CT molecular complexity index is 1050. The molecule has 4 rings (SSSR count). The Labute approximate surface area is 173 Å². The van der Waals surface area contributed by atoms with E-state index >= 15 is 0 Å². The Balaban J connectivity index is 1.55. The third-order valence-corrected chi connectivity index (χ3v) is 5.93. The van der Waals surface area contributed by atoms with Crippen molar-refractivity contribution in [3.63, 3.8) is 0 Å². The van der Waals surface area contributed by atoms with E-state index in [0.717, 1.165) is 46.8 Å². The number of fused-ring (bicyclic) bond motifs is 1. The highest BCUT2D eigenvalue weighted by Gasteiger charge is 2.17. The van der Waals surface area contributed by atoms with Crippen LogP contribution in [0.15, 0.2) is 48.5 Å². The van der Waals surface area contributed by atoms with Crippen molar-refractivity contribution in [3.05, 3.63) is 59.1 Å². The molecule has 0 unspecified atom stereocenters. The number of carbonyl (C=O) groups excluding carboxylic acids is 2. The van der Waals surface area contributed by atoms with Gasteiger partial charge in [-0.25, -0.2) is 4.98 Å². The number of thiazole rings is 1. The molecule has 3 N–H and O–H groups in total. The first kappa shape index (κ1) is 19.1. The highest BCUT2D eigenvalue weighted by Crippen LogP contribution is 2.30. The first-order valence-corrected chi connectivity index (χ1v) is 10.5.